The van der Waals surface area contributed by atoms with Crippen LogP contribution in [0.5, 0.6) is 11.5 Å². The van der Waals surface area contributed by atoms with E-state index in [9.17, 15) is 13.2 Å². The second-order valence-corrected chi connectivity index (χ2v) is 9.04. The molecular weight excluding hydrogens is 454 g/mol. The van der Waals surface area contributed by atoms with Gasteiger partial charge in [0, 0.05) is 11.4 Å². The van der Waals surface area contributed by atoms with E-state index < -0.39 is 10.0 Å². The van der Waals surface area contributed by atoms with Crippen molar-refractivity contribution in [1.29, 1.82) is 5.26 Å². The molecule has 0 saturated carbocycles. The van der Waals surface area contributed by atoms with Crippen molar-refractivity contribution in [2.24, 2.45) is 0 Å². The number of hydrogen-bond donors (Lipinski definition) is 2. The van der Waals surface area contributed by atoms with E-state index in [1.165, 1.54) is 18.2 Å². The Bertz CT molecular complexity index is 1280. The van der Waals surface area contributed by atoms with Crippen LogP contribution in [0.1, 0.15) is 18.1 Å². The summed E-state index contributed by atoms with van der Waals surface area (Å²) in [4.78, 5) is 12.3. The number of benzene rings is 3. The number of nitriles is 1. The van der Waals surface area contributed by atoms with Crippen LogP contribution in [0.3, 0.4) is 0 Å². The molecule has 176 valence electrons. The molecule has 1 amide bonds. The lowest BCUT2D eigenvalue weighted by Gasteiger charge is -2.13. The van der Waals surface area contributed by atoms with Gasteiger partial charge < -0.3 is 14.8 Å². The van der Waals surface area contributed by atoms with Gasteiger partial charge in [-0.25, -0.2) is 8.42 Å². The molecule has 0 heterocycles. The molecular formula is C25H25N3O5S. The number of anilines is 2. The average Bonchev–Trinajstić information content (AvgIpc) is 2.81. The molecule has 0 radical (unpaired) electrons. The molecule has 0 aliphatic carbocycles. The topological polar surface area (TPSA) is 118 Å². The van der Waals surface area contributed by atoms with Crippen LogP contribution in [-0.4, -0.2) is 27.5 Å². The van der Waals surface area contributed by atoms with Gasteiger partial charge >= 0.3 is 0 Å². The summed E-state index contributed by atoms with van der Waals surface area (Å²) in [7, 11) is -3.80. The maximum Gasteiger partial charge on any atom is 0.262 e. The van der Waals surface area contributed by atoms with Crippen molar-refractivity contribution in [2.75, 3.05) is 23.3 Å². The van der Waals surface area contributed by atoms with E-state index in [1.54, 1.807) is 55.5 Å². The molecule has 0 unspecified atom stereocenters. The number of hydrogen-bond acceptors (Lipinski definition) is 6. The Morgan fingerprint density at radius 2 is 1.65 bits per heavy atom. The highest BCUT2D eigenvalue weighted by atomic mass is 32.2. The monoisotopic (exact) mass is 479 g/mol. The number of carbonyl (C=O) groups is 1. The summed E-state index contributed by atoms with van der Waals surface area (Å²) in [5.41, 5.74) is 2.44. The third kappa shape index (κ3) is 6.73. The van der Waals surface area contributed by atoms with E-state index >= 15 is 0 Å². The fraction of sp³-hybridized carbons (Fsp3) is 0.200. The van der Waals surface area contributed by atoms with Crippen molar-refractivity contribution < 1.29 is 22.7 Å². The number of ether oxygens (including phenoxy) is 2. The number of sulfonamides is 1. The highest BCUT2D eigenvalue weighted by Crippen LogP contribution is 2.24. The normalized spacial score (nSPS) is 10.7. The Kier molecular flexibility index (Phi) is 8.11. The standard InChI is InChI=1S/C25H25N3O5S/c1-3-32-22-10-8-21(9-11-22)28-34(30,31)23-12-13-24(18(2)16-23)33-17-25(29)27-20-6-4-19(5-7-20)14-15-26/h4-13,16,28H,3,14,17H2,1-2H3,(H,27,29). The van der Waals surface area contributed by atoms with Gasteiger partial charge in [0.05, 0.1) is 24.0 Å². The van der Waals surface area contributed by atoms with Gasteiger partial charge in [-0.05, 0) is 79.6 Å². The lowest BCUT2D eigenvalue weighted by atomic mass is 10.1. The van der Waals surface area contributed by atoms with E-state index in [2.05, 4.69) is 16.1 Å². The molecule has 0 aliphatic rings. The molecule has 2 N–H and O–H groups in total. The molecule has 0 aliphatic heterocycles. The van der Waals surface area contributed by atoms with Gasteiger partial charge in [-0.1, -0.05) is 12.1 Å². The summed E-state index contributed by atoms with van der Waals surface area (Å²) in [5, 5.41) is 11.4. The van der Waals surface area contributed by atoms with Crippen LogP contribution in [0, 0.1) is 18.3 Å². The molecule has 0 aromatic heterocycles. The first-order valence-electron chi connectivity index (χ1n) is 10.6. The highest BCUT2D eigenvalue weighted by Gasteiger charge is 2.16. The minimum atomic E-state index is -3.80. The molecule has 34 heavy (non-hydrogen) atoms. The van der Waals surface area contributed by atoms with Crippen molar-refractivity contribution in [2.45, 2.75) is 25.2 Å². The number of nitrogens with zero attached hydrogens (tertiary/aromatic N) is 1. The Labute approximate surface area is 199 Å². The van der Waals surface area contributed by atoms with E-state index in [-0.39, 0.29) is 17.4 Å². The Morgan fingerprint density at radius 1 is 0.971 bits per heavy atom. The van der Waals surface area contributed by atoms with Gasteiger partial charge in [-0.3, -0.25) is 9.52 Å². The van der Waals surface area contributed by atoms with Crippen LogP contribution in [0.25, 0.3) is 0 Å². The zero-order valence-corrected chi connectivity index (χ0v) is 19.7. The van der Waals surface area contributed by atoms with Crippen molar-refractivity contribution in [3.63, 3.8) is 0 Å². The molecule has 3 aromatic rings. The minimum Gasteiger partial charge on any atom is -0.494 e. The average molecular weight is 480 g/mol. The summed E-state index contributed by atoms with van der Waals surface area (Å²) in [5.74, 6) is 0.698. The second-order valence-electron chi connectivity index (χ2n) is 7.36. The van der Waals surface area contributed by atoms with Crippen LogP contribution < -0.4 is 19.5 Å². The van der Waals surface area contributed by atoms with Crippen LogP contribution >= 0.6 is 0 Å². The van der Waals surface area contributed by atoms with Crippen molar-refractivity contribution in [3.05, 3.63) is 77.9 Å². The predicted molar refractivity (Wildman–Crippen MR) is 129 cm³/mol. The Morgan fingerprint density at radius 3 is 2.26 bits per heavy atom. The quantitative estimate of drug-likeness (QED) is 0.448. The number of aryl methyl sites for hydroxylation is 1. The van der Waals surface area contributed by atoms with Crippen LogP contribution in [0.4, 0.5) is 11.4 Å². The summed E-state index contributed by atoms with van der Waals surface area (Å²) < 4.78 is 39.0. The van der Waals surface area contributed by atoms with Crippen molar-refractivity contribution in [3.8, 4) is 17.6 Å². The lowest BCUT2D eigenvalue weighted by Crippen LogP contribution is -2.20. The first-order chi connectivity index (χ1) is 16.3. The zero-order chi connectivity index (χ0) is 24.6. The molecule has 9 heteroatoms. The van der Waals surface area contributed by atoms with Gasteiger partial charge in [0.1, 0.15) is 11.5 Å². The fourth-order valence-electron chi connectivity index (χ4n) is 3.09. The lowest BCUT2D eigenvalue weighted by molar-refractivity contribution is -0.118. The molecule has 0 saturated heterocycles. The molecule has 3 aromatic carbocycles. The van der Waals surface area contributed by atoms with Gasteiger partial charge in [0.15, 0.2) is 6.61 Å². The molecule has 0 atom stereocenters. The molecule has 0 spiro atoms. The molecule has 3 rings (SSSR count). The molecule has 0 bridgehead atoms. The van der Waals surface area contributed by atoms with E-state index in [0.29, 0.717) is 41.5 Å². The Balaban J connectivity index is 1.59. The fourth-order valence-corrected chi connectivity index (χ4v) is 4.23. The van der Waals surface area contributed by atoms with E-state index in [0.717, 1.165) is 5.56 Å². The van der Waals surface area contributed by atoms with Crippen LogP contribution in [0.15, 0.2) is 71.6 Å². The van der Waals surface area contributed by atoms with E-state index in [1.807, 2.05) is 6.92 Å². The number of carbonyl (C=O) groups excluding carboxylic acids is 1. The first kappa shape index (κ1) is 24.6. The van der Waals surface area contributed by atoms with Crippen LogP contribution in [-0.2, 0) is 21.2 Å². The first-order valence-corrected chi connectivity index (χ1v) is 12.0. The number of nitrogens with one attached hydrogen (secondary N) is 2. The maximum atomic E-state index is 12.7. The second kappa shape index (κ2) is 11.2. The predicted octanol–water partition coefficient (Wildman–Crippen LogP) is 4.28. The number of rotatable bonds is 10. The molecule has 0 fully saturated rings. The zero-order valence-electron chi connectivity index (χ0n) is 18.9. The summed E-state index contributed by atoms with van der Waals surface area (Å²) >= 11 is 0. The summed E-state index contributed by atoms with van der Waals surface area (Å²) in [6.07, 6.45) is 0.304. The molecule has 8 nitrogen and oxygen atoms in total. The maximum absolute atomic E-state index is 12.7. The number of amides is 1. The highest BCUT2D eigenvalue weighted by molar-refractivity contribution is 7.92. The van der Waals surface area contributed by atoms with Crippen LogP contribution in [0.2, 0.25) is 0 Å². The van der Waals surface area contributed by atoms with Gasteiger partial charge in [-0.2, -0.15) is 5.26 Å². The van der Waals surface area contributed by atoms with Gasteiger partial charge in [0.2, 0.25) is 0 Å². The third-order valence-electron chi connectivity index (χ3n) is 4.75. The van der Waals surface area contributed by atoms with Gasteiger partial charge in [-0.15, -0.1) is 0 Å². The van der Waals surface area contributed by atoms with Gasteiger partial charge in [0.25, 0.3) is 15.9 Å². The summed E-state index contributed by atoms with van der Waals surface area (Å²) in [6.45, 7) is 3.86. The Hall–Kier alpha value is -4.03. The SMILES string of the molecule is CCOc1ccc(NS(=O)(=O)c2ccc(OCC(=O)Nc3ccc(CC#N)cc3)c(C)c2)cc1. The summed E-state index contributed by atoms with van der Waals surface area (Å²) in [6, 6.07) is 20.1. The third-order valence-corrected chi connectivity index (χ3v) is 6.13. The smallest absolute Gasteiger partial charge is 0.262 e. The largest absolute Gasteiger partial charge is 0.494 e. The van der Waals surface area contributed by atoms with Crippen molar-refractivity contribution >= 4 is 27.3 Å². The van der Waals surface area contributed by atoms with Crippen molar-refractivity contribution in [1.82, 2.24) is 0 Å². The minimum absolute atomic E-state index is 0.0770. The van der Waals surface area contributed by atoms with E-state index in [4.69, 9.17) is 14.7 Å².